The minimum absolute atomic E-state index is 0.188. The van der Waals surface area contributed by atoms with E-state index < -0.39 is 12.0 Å². The fourth-order valence-electron chi connectivity index (χ4n) is 4.28. The fourth-order valence-corrected chi connectivity index (χ4v) is 8.57. The van der Waals surface area contributed by atoms with E-state index in [0.29, 0.717) is 12.1 Å². The molecule has 0 fully saturated rings. The molecule has 2 aromatic carbocycles. The fraction of sp³-hybridized carbons (Fsp3) is 0.368. The van der Waals surface area contributed by atoms with Crippen molar-refractivity contribution in [1.29, 1.82) is 0 Å². The Morgan fingerprint density at radius 2 is 1.03 bits per heavy atom. The van der Waals surface area contributed by atoms with Crippen molar-refractivity contribution in [2.75, 3.05) is 0 Å². The first-order chi connectivity index (χ1) is 13.4. The lowest BCUT2D eigenvalue weighted by atomic mass is 9.71. The van der Waals surface area contributed by atoms with E-state index >= 15 is 0 Å². The van der Waals surface area contributed by atoms with Gasteiger partial charge in [0.15, 0.2) is 0 Å². The van der Waals surface area contributed by atoms with Crippen molar-refractivity contribution in [1.82, 2.24) is 0 Å². The standard InChI is InChI=1S/C19H18Br2Cl6Si2/c20-13-3-5-15-16-6-4-14(21)12-18(16)19(17(15)11-13,7-1-9-28(22,23)24)8-2-10-29(25,26)27/h3-6,11-12H,1-2,7-10H2. The van der Waals surface area contributed by atoms with E-state index in [-0.39, 0.29) is 5.41 Å². The summed E-state index contributed by atoms with van der Waals surface area (Å²) in [5, 5.41) is 0. The number of fused-ring (bicyclic) bond motifs is 3. The van der Waals surface area contributed by atoms with Crippen LogP contribution >= 0.6 is 98.3 Å². The molecule has 0 aliphatic heterocycles. The van der Waals surface area contributed by atoms with Gasteiger partial charge < -0.3 is 0 Å². The molecule has 0 bridgehead atoms. The molecule has 0 heterocycles. The van der Waals surface area contributed by atoms with Crippen molar-refractivity contribution in [3.63, 3.8) is 0 Å². The highest BCUT2D eigenvalue weighted by Gasteiger charge is 2.43. The molecular formula is C19H18Br2Cl6Si2. The molecule has 0 unspecified atom stereocenters. The van der Waals surface area contributed by atoms with Crippen LogP contribution in [0.5, 0.6) is 0 Å². The minimum atomic E-state index is -2.69. The predicted molar refractivity (Wildman–Crippen MR) is 143 cm³/mol. The summed E-state index contributed by atoms with van der Waals surface area (Å²) >= 11 is 44.4. The van der Waals surface area contributed by atoms with E-state index in [1.165, 1.54) is 22.3 Å². The van der Waals surface area contributed by atoms with Gasteiger partial charge in [0, 0.05) is 14.4 Å². The van der Waals surface area contributed by atoms with Gasteiger partial charge in [-0.2, -0.15) is 0 Å². The first kappa shape index (κ1) is 25.2. The van der Waals surface area contributed by atoms with Crippen LogP contribution in [0.15, 0.2) is 45.3 Å². The molecule has 1 aliphatic rings. The van der Waals surface area contributed by atoms with Gasteiger partial charge in [-0.15, -0.1) is 66.5 Å². The second-order valence-electron chi connectivity index (χ2n) is 7.40. The zero-order valence-corrected chi connectivity index (χ0v) is 24.9. The highest BCUT2D eigenvalue weighted by Crippen LogP contribution is 2.55. The van der Waals surface area contributed by atoms with Gasteiger partial charge in [-0.05, 0) is 71.4 Å². The Balaban J connectivity index is 2.07. The third-order valence-electron chi connectivity index (χ3n) is 5.41. The molecule has 158 valence electrons. The van der Waals surface area contributed by atoms with Crippen LogP contribution in [0.4, 0.5) is 0 Å². The van der Waals surface area contributed by atoms with E-state index in [9.17, 15) is 0 Å². The van der Waals surface area contributed by atoms with Gasteiger partial charge in [0.25, 0.3) is 0 Å². The number of benzene rings is 2. The third kappa shape index (κ3) is 6.34. The number of rotatable bonds is 8. The highest BCUT2D eigenvalue weighted by atomic mass is 79.9. The molecule has 3 rings (SSSR count). The third-order valence-corrected chi connectivity index (χ3v) is 11.6. The van der Waals surface area contributed by atoms with Crippen LogP contribution in [0.3, 0.4) is 0 Å². The summed E-state index contributed by atoms with van der Waals surface area (Å²) < 4.78 is 2.11. The van der Waals surface area contributed by atoms with Gasteiger partial charge in [-0.3, -0.25) is 0 Å². The maximum atomic E-state index is 6.19. The van der Waals surface area contributed by atoms with Gasteiger partial charge in [0.2, 0.25) is 0 Å². The lowest BCUT2D eigenvalue weighted by molar-refractivity contribution is 0.435. The first-order valence-corrected chi connectivity index (χ1v) is 21.2. The Kier molecular flexibility index (Phi) is 8.54. The summed E-state index contributed by atoms with van der Waals surface area (Å²) in [7, 11) is 0. The number of hydrogen-bond acceptors (Lipinski definition) is 0. The van der Waals surface area contributed by atoms with Crippen LogP contribution in [0.25, 0.3) is 11.1 Å². The summed E-state index contributed by atoms with van der Waals surface area (Å²) in [5.41, 5.74) is 4.93. The van der Waals surface area contributed by atoms with Gasteiger partial charge in [0.1, 0.15) is 0 Å². The van der Waals surface area contributed by atoms with Crippen LogP contribution in [-0.2, 0) is 5.41 Å². The van der Waals surface area contributed by atoms with Crippen molar-refractivity contribution >= 4 is 110 Å². The second kappa shape index (κ2) is 9.83. The molecule has 0 N–H and O–H groups in total. The zero-order chi connectivity index (χ0) is 21.4. The molecule has 1 aliphatic carbocycles. The quantitative estimate of drug-likeness (QED) is 0.193. The van der Waals surface area contributed by atoms with E-state index in [2.05, 4.69) is 68.3 Å². The molecule has 2 aromatic rings. The van der Waals surface area contributed by atoms with Crippen LogP contribution in [0.2, 0.25) is 12.1 Å². The summed E-state index contributed by atoms with van der Waals surface area (Å²) in [6, 6.07) is 8.87. The van der Waals surface area contributed by atoms with Crippen LogP contribution in [-0.4, -0.2) is 12.0 Å². The first-order valence-electron chi connectivity index (χ1n) is 9.15. The second-order valence-corrected chi connectivity index (χ2v) is 27.8. The highest BCUT2D eigenvalue weighted by molar-refractivity contribution is 9.10. The lowest BCUT2D eigenvalue weighted by Gasteiger charge is -2.33. The van der Waals surface area contributed by atoms with Crippen molar-refractivity contribution < 1.29 is 0 Å². The van der Waals surface area contributed by atoms with Gasteiger partial charge in [-0.1, -0.05) is 56.8 Å². The van der Waals surface area contributed by atoms with Crippen molar-refractivity contribution in [2.45, 2.75) is 43.2 Å². The Bertz CT molecular complexity index is 822. The molecule has 0 radical (unpaired) electrons. The lowest BCUT2D eigenvalue weighted by Crippen LogP contribution is -2.27. The van der Waals surface area contributed by atoms with Gasteiger partial charge in [-0.25, -0.2) is 0 Å². The molecule has 0 saturated heterocycles. The monoisotopic (exact) mass is 670 g/mol. The Labute approximate surface area is 219 Å². The SMILES string of the molecule is Cl[Si](Cl)(Cl)CCCC1(CCC[Si](Cl)(Cl)Cl)c2cc(Br)ccc2-c2ccc(Br)cc21. The average molecular weight is 675 g/mol. The maximum Gasteiger partial charge on any atom is 0.341 e. The largest absolute Gasteiger partial charge is 0.341 e. The topological polar surface area (TPSA) is 0 Å². The normalized spacial score (nSPS) is 15.3. The van der Waals surface area contributed by atoms with Crippen LogP contribution in [0, 0.1) is 0 Å². The summed E-state index contributed by atoms with van der Waals surface area (Å²) in [4.78, 5) is 0. The van der Waals surface area contributed by atoms with E-state index in [4.69, 9.17) is 66.5 Å². The van der Waals surface area contributed by atoms with Crippen LogP contribution < -0.4 is 0 Å². The molecule has 0 saturated carbocycles. The molecule has 0 nitrogen and oxygen atoms in total. The Hall–Kier alpha value is 1.57. The average Bonchev–Trinajstić information content (AvgIpc) is 2.82. The Morgan fingerprint density at radius 3 is 1.38 bits per heavy atom. The number of hydrogen-bond donors (Lipinski definition) is 0. The molecular weight excluding hydrogens is 657 g/mol. The van der Waals surface area contributed by atoms with Crippen molar-refractivity contribution in [3.8, 4) is 11.1 Å². The molecule has 0 spiro atoms. The number of halogens is 8. The predicted octanol–water partition coefficient (Wildman–Crippen LogP) is 10.3. The summed E-state index contributed by atoms with van der Waals surface area (Å²) in [6.45, 7) is 0. The van der Waals surface area contributed by atoms with E-state index in [0.717, 1.165) is 34.6 Å². The Morgan fingerprint density at radius 1 is 0.655 bits per heavy atom. The molecule has 0 amide bonds. The van der Waals surface area contributed by atoms with Crippen molar-refractivity contribution in [3.05, 3.63) is 56.5 Å². The molecule has 0 atom stereocenters. The van der Waals surface area contributed by atoms with Crippen LogP contribution in [0.1, 0.15) is 36.8 Å². The van der Waals surface area contributed by atoms with Gasteiger partial charge in [0.05, 0.1) is 0 Å². The smallest absolute Gasteiger partial charge is 0.126 e. The summed E-state index contributed by atoms with van der Waals surface area (Å²) in [5.74, 6) is 0. The summed E-state index contributed by atoms with van der Waals surface area (Å²) in [6.07, 6.45) is 3.46. The van der Waals surface area contributed by atoms with Gasteiger partial charge >= 0.3 is 12.0 Å². The molecule has 10 heteroatoms. The molecule has 0 aromatic heterocycles. The minimum Gasteiger partial charge on any atom is -0.126 e. The van der Waals surface area contributed by atoms with E-state index in [1.54, 1.807) is 0 Å². The zero-order valence-electron chi connectivity index (χ0n) is 15.2. The molecule has 29 heavy (non-hydrogen) atoms. The van der Waals surface area contributed by atoms with E-state index in [1.807, 2.05) is 0 Å². The van der Waals surface area contributed by atoms with Crippen molar-refractivity contribution in [2.24, 2.45) is 0 Å². The maximum absolute atomic E-state index is 6.19.